The number of esters is 4. The number of rotatable bonds is 30. The molecule has 0 bridgehead atoms. The van der Waals surface area contributed by atoms with Crippen LogP contribution < -0.4 is 0 Å². The standard InChI is InChI=1S/2C13H26O5.2C11H22O2/c2*1-2-3-4-6-11(15)7-5-8-13(17)18-10-12(16)9-14;2*1-6-13-10(12)7-9(2)8-11(3,4)5/h2*11-12,14-16H,2-10H2,1H3;2*9H,6-8H2,1-5H3. The molecule has 0 saturated carbocycles. The molecule has 0 spiro atoms. The molecule has 0 aliphatic rings. The summed E-state index contributed by atoms with van der Waals surface area (Å²) in [6, 6.07) is 0. The molecule has 0 aliphatic heterocycles. The van der Waals surface area contributed by atoms with Crippen LogP contribution in [0.2, 0.25) is 0 Å². The monoisotopic (exact) mass is 897 g/mol. The Labute approximate surface area is 377 Å². The SMILES string of the molecule is CCCCCC(O)CCCC(=O)OCC(O)CO.CCCCCC(O)CCCC(=O)OCC(O)CO.CCOC(=O)CC(C)CC(C)(C)C.CCOC(=O)CC(C)CC(C)(C)C. The highest BCUT2D eigenvalue weighted by molar-refractivity contribution is 5.70. The van der Waals surface area contributed by atoms with E-state index in [0.29, 0.717) is 74.4 Å². The van der Waals surface area contributed by atoms with E-state index in [2.05, 4.69) is 69.2 Å². The maximum Gasteiger partial charge on any atom is 0.306 e. The molecule has 372 valence electrons. The second-order valence-corrected chi connectivity index (χ2v) is 18.9. The maximum atomic E-state index is 11.2. The van der Waals surface area contributed by atoms with Crippen molar-refractivity contribution in [1.29, 1.82) is 0 Å². The molecular weight excluding hydrogens is 801 g/mol. The lowest BCUT2D eigenvalue weighted by Gasteiger charge is -2.22. The summed E-state index contributed by atoms with van der Waals surface area (Å²) in [5.41, 5.74) is 0.595. The molecular formula is C48H96O14. The van der Waals surface area contributed by atoms with E-state index in [1.165, 1.54) is 0 Å². The van der Waals surface area contributed by atoms with Crippen molar-refractivity contribution in [3.63, 3.8) is 0 Å². The average molecular weight is 897 g/mol. The smallest absolute Gasteiger partial charge is 0.306 e. The Bertz CT molecular complexity index is 973. The van der Waals surface area contributed by atoms with Gasteiger partial charge in [0.25, 0.3) is 0 Å². The van der Waals surface area contributed by atoms with Crippen LogP contribution >= 0.6 is 0 Å². The van der Waals surface area contributed by atoms with Gasteiger partial charge >= 0.3 is 23.9 Å². The molecule has 0 saturated heterocycles. The highest BCUT2D eigenvalue weighted by Crippen LogP contribution is 2.27. The van der Waals surface area contributed by atoms with Crippen molar-refractivity contribution >= 4 is 23.9 Å². The van der Waals surface area contributed by atoms with Crippen LogP contribution in [-0.2, 0) is 38.1 Å². The van der Waals surface area contributed by atoms with Gasteiger partial charge in [-0.2, -0.15) is 0 Å². The molecule has 6 atom stereocenters. The van der Waals surface area contributed by atoms with Gasteiger partial charge in [-0.15, -0.1) is 0 Å². The lowest BCUT2D eigenvalue weighted by atomic mass is 9.84. The molecule has 6 unspecified atom stereocenters. The summed E-state index contributed by atoms with van der Waals surface area (Å²) in [4.78, 5) is 44.7. The zero-order chi connectivity index (χ0) is 48.6. The summed E-state index contributed by atoms with van der Waals surface area (Å²) in [5.74, 6) is -0.108. The Morgan fingerprint density at radius 3 is 1.02 bits per heavy atom. The Morgan fingerprint density at radius 2 is 0.758 bits per heavy atom. The van der Waals surface area contributed by atoms with Gasteiger partial charge in [-0.1, -0.05) is 108 Å². The van der Waals surface area contributed by atoms with Crippen molar-refractivity contribution in [2.24, 2.45) is 22.7 Å². The van der Waals surface area contributed by atoms with Crippen molar-refractivity contribution in [2.75, 3.05) is 39.6 Å². The minimum atomic E-state index is -1.01. The van der Waals surface area contributed by atoms with Crippen molar-refractivity contribution in [3.05, 3.63) is 0 Å². The molecule has 0 radical (unpaired) electrons. The second-order valence-electron chi connectivity index (χ2n) is 18.9. The first kappa shape index (κ1) is 66.2. The number of unbranched alkanes of at least 4 members (excludes halogenated alkanes) is 4. The molecule has 0 fully saturated rings. The predicted octanol–water partition coefficient (Wildman–Crippen LogP) is 8.01. The molecule has 0 aromatic rings. The van der Waals surface area contributed by atoms with Crippen LogP contribution in [0, 0.1) is 22.7 Å². The Hall–Kier alpha value is -2.36. The van der Waals surface area contributed by atoms with Gasteiger partial charge in [-0.25, -0.2) is 0 Å². The van der Waals surface area contributed by atoms with Crippen LogP contribution in [-0.4, -0.2) is 119 Å². The van der Waals surface area contributed by atoms with Crippen LogP contribution in [0.25, 0.3) is 0 Å². The van der Waals surface area contributed by atoms with Gasteiger partial charge in [-0.05, 0) is 87.9 Å². The minimum absolute atomic E-state index is 0.0701. The molecule has 6 N–H and O–H groups in total. The van der Waals surface area contributed by atoms with E-state index < -0.39 is 37.4 Å². The van der Waals surface area contributed by atoms with E-state index in [4.69, 9.17) is 39.4 Å². The first-order valence-corrected chi connectivity index (χ1v) is 23.5. The van der Waals surface area contributed by atoms with Crippen LogP contribution in [0.3, 0.4) is 0 Å². The molecule has 0 aromatic carbocycles. The average Bonchev–Trinajstić information content (AvgIpc) is 3.15. The number of hydrogen-bond acceptors (Lipinski definition) is 14. The van der Waals surface area contributed by atoms with E-state index in [1.807, 2.05) is 13.8 Å². The van der Waals surface area contributed by atoms with Crippen molar-refractivity contribution in [3.8, 4) is 0 Å². The van der Waals surface area contributed by atoms with Crippen molar-refractivity contribution in [2.45, 2.75) is 223 Å². The van der Waals surface area contributed by atoms with Crippen LogP contribution in [0.1, 0.15) is 199 Å². The van der Waals surface area contributed by atoms with E-state index in [1.54, 1.807) is 0 Å². The van der Waals surface area contributed by atoms with Crippen molar-refractivity contribution in [1.82, 2.24) is 0 Å². The van der Waals surface area contributed by atoms with Gasteiger partial charge in [0.2, 0.25) is 0 Å². The fourth-order valence-corrected chi connectivity index (χ4v) is 6.38. The van der Waals surface area contributed by atoms with Gasteiger partial charge < -0.3 is 49.6 Å². The molecule has 0 aliphatic carbocycles. The molecule has 14 nitrogen and oxygen atoms in total. The fraction of sp³-hybridized carbons (Fsp3) is 0.917. The van der Waals surface area contributed by atoms with Gasteiger partial charge in [0.15, 0.2) is 0 Å². The van der Waals surface area contributed by atoms with E-state index in [0.717, 1.165) is 64.2 Å². The molecule has 14 heteroatoms. The van der Waals surface area contributed by atoms with E-state index in [-0.39, 0.29) is 50.2 Å². The number of hydrogen-bond donors (Lipinski definition) is 6. The third-order valence-electron chi connectivity index (χ3n) is 8.98. The lowest BCUT2D eigenvalue weighted by molar-refractivity contribution is -0.148. The number of carbonyl (C=O) groups is 4. The number of aliphatic hydroxyl groups is 6. The molecule has 0 aromatic heterocycles. The third-order valence-corrected chi connectivity index (χ3v) is 8.98. The van der Waals surface area contributed by atoms with Gasteiger partial charge in [0, 0.05) is 25.7 Å². The minimum Gasteiger partial charge on any atom is -0.466 e. The number of aliphatic hydroxyl groups excluding tert-OH is 6. The fourth-order valence-electron chi connectivity index (χ4n) is 6.38. The Morgan fingerprint density at radius 1 is 0.452 bits per heavy atom. The second kappa shape index (κ2) is 42.6. The molecule has 0 amide bonds. The Kier molecular flexibility index (Phi) is 45.5. The molecule has 0 heterocycles. The van der Waals surface area contributed by atoms with E-state index >= 15 is 0 Å². The highest BCUT2D eigenvalue weighted by Gasteiger charge is 2.19. The largest absolute Gasteiger partial charge is 0.466 e. The first-order chi connectivity index (χ1) is 28.9. The topological polar surface area (TPSA) is 227 Å². The normalized spacial score (nSPS) is 14.1. The Balaban J connectivity index is -0.000000366. The lowest BCUT2D eigenvalue weighted by Crippen LogP contribution is -2.22. The molecule has 62 heavy (non-hydrogen) atoms. The van der Waals surface area contributed by atoms with E-state index in [9.17, 15) is 29.4 Å². The maximum absolute atomic E-state index is 11.2. The quantitative estimate of drug-likeness (QED) is 0.0228. The summed E-state index contributed by atoms with van der Waals surface area (Å²) in [6.07, 6.45) is 11.5. The van der Waals surface area contributed by atoms with Gasteiger partial charge in [-0.3, -0.25) is 19.2 Å². The van der Waals surface area contributed by atoms with Crippen molar-refractivity contribution < 1.29 is 68.8 Å². The van der Waals surface area contributed by atoms with Gasteiger partial charge in [0.1, 0.15) is 25.4 Å². The summed E-state index contributed by atoms with van der Waals surface area (Å²) in [7, 11) is 0. The van der Waals surface area contributed by atoms with Crippen LogP contribution in [0.15, 0.2) is 0 Å². The summed E-state index contributed by atoms with van der Waals surface area (Å²) in [5, 5.41) is 54.2. The number of carbonyl (C=O) groups excluding carboxylic acids is 4. The van der Waals surface area contributed by atoms with Crippen LogP contribution in [0.5, 0.6) is 0 Å². The highest BCUT2D eigenvalue weighted by atomic mass is 16.6. The third kappa shape index (κ3) is 55.7. The predicted molar refractivity (Wildman–Crippen MR) is 245 cm³/mol. The number of ether oxygens (including phenoxy) is 4. The van der Waals surface area contributed by atoms with Crippen LogP contribution in [0.4, 0.5) is 0 Å². The van der Waals surface area contributed by atoms with Gasteiger partial charge in [0.05, 0.1) is 38.6 Å². The summed E-state index contributed by atoms with van der Waals surface area (Å²) in [6.45, 7) is 25.0. The first-order valence-electron chi connectivity index (χ1n) is 23.5. The zero-order valence-electron chi connectivity index (χ0n) is 41.4. The summed E-state index contributed by atoms with van der Waals surface area (Å²) < 4.78 is 19.3. The molecule has 0 rings (SSSR count). The zero-order valence-corrected chi connectivity index (χ0v) is 41.4. The summed E-state index contributed by atoms with van der Waals surface area (Å²) >= 11 is 0.